The number of ketones is 1. The second kappa shape index (κ2) is 7.43. The molecule has 0 saturated carbocycles. The highest BCUT2D eigenvalue weighted by Gasteiger charge is 2.27. The van der Waals surface area contributed by atoms with E-state index in [4.69, 9.17) is 9.47 Å². The highest BCUT2D eigenvalue weighted by atomic mass is 16.5. The first-order valence-corrected chi connectivity index (χ1v) is 9.28. The van der Waals surface area contributed by atoms with Crippen LogP contribution in [0.4, 0.5) is 0 Å². The molecule has 5 nitrogen and oxygen atoms in total. The monoisotopic (exact) mass is 387 g/mol. The van der Waals surface area contributed by atoms with E-state index in [1.54, 1.807) is 44.4 Å². The molecule has 4 rings (SSSR count). The third-order valence-corrected chi connectivity index (χ3v) is 5.22. The largest absolute Gasteiger partial charge is 0.497 e. The third-order valence-electron chi connectivity index (χ3n) is 5.22. The number of carbonyl (C=O) groups is 2. The van der Waals surface area contributed by atoms with Gasteiger partial charge in [0.2, 0.25) is 0 Å². The number of amides is 1. The average molecular weight is 387 g/mol. The molecule has 0 atom stereocenters. The van der Waals surface area contributed by atoms with Crippen molar-refractivity contribution in [2.75, 3.05) is 21.3 Å². The number of methoxy groups -OCH3 is 2. The first-order valence-electron chi connectivity index (χ1n) is 9.28. The van der Waals surface area contributed by atoms with Gasteiger partial charge in [-0.1, -0.05) is 30.3 Å². The van der Waals surface area contributed by atoms with Crippen molar-refractivity contribution in [3.05, 3.63) is 82.9 Å². The number of ether oxygens (including phenoxy) is 2. The van der Waals surface area contributed by atoms with Gasteiger partial charge in [-0.3, -0.25) is 9.59 Å². The summed E-state index contributed by atoms with van der Waals surface area (Å²) in [4.78, 5) is 27.3. The number of hydrogen-bond acceptors (Lipinski definition) is 4. The van der Waals surface area contributed by atoms with E-state index in [-0.39, 0.29) is 11.7 Å². The fourth-order valence-electron chi connectivity index (χ4n) is 3.69. The average Bonchev–Trinajstić information content (AvgIpc) is 3.05. The maximum Gasteiger partial charge on any atom is 0.253 e. The number of rotatable bonds is 5. The second-order valence-electron chi connectivity index (χ2n) is 6.97. The molecule has 0 radical (unpaired) electrons. The van der Waals surface area contributed by atoms with Crippen molar-refractivity contribution in [3.63, 3.8) is 0 Å². The quantitative estimate of drug-likeness (QED) is 0.515. The van der Waals surface area contributed by atoms with Gasteiger partial charge in [0.1, 0.15) is 11.5 Å². The van der Waals surface area contributed by atoms with Crippen molar-refractivity contribution < 1.29 is 19.1 Å². The third kappa shape index (κ3) is 3.25. The Kier molecular flexibility index (Phi) is 4.80. The summed E-state index contributed by atoms with van der Waals surface area (Å²) < 4.78 is 10.6. The van der Waals surface area contributed by atoms with Crippen molar-refractivity contribution in [1.29, 1.82) is 0 Å². The predicted molar refractivity (Wildman–Crippen MR) is 111 cm³/mol. The van der Waals surface area contributed by atoms with E-state index < -0.39 is 0 Å². The minimum atomic E-state index is -0.158. The van der Waals surface area contributed by atoms with E-state index >= 15 is 0 Å². The molecule has 1 aliphatic carbocycles. The van der Waals surface area contributed by atoms with Gasteiger partial charge in [0.25, 0.3) is 5.91 Å². The van der Waals surface area contributed by atoms with Crippen LogP contribution in [0.1, 0.15) is 31.8 Å². The summed E-state index contributed by atoms with van der Waals surface area (Å²) in [5, 5.41) is 0. The molecule has 1 aliphatic rings. The van der Waals surface area contributed by atoms with Crippen molar-refractivity contribution in [1.82, 2.24) is 4.90 Å². The van der Waals surface area contributed by atoms with E-state index in [0.29, 0.717) is 34.7 Å². The van der Waals surface area contributed by atoms with Crippen LogP contribution in [0.2, 0.25) is 0 Å². The number of fused-ring (bicyclic) bond motifs is 3. The van der Waals surface area contributed by atoms with Gasteiger partial charge >= 0.3 is 0 Å². The molecule has 0 bridgehead atoms. The number of nitrogens with zero attached hydrogens (tertiary/aromatic N) is 1. The summed E-state index contributed by atoms with van der Waals surface area (Å²) in [6, 6.07) is 18.4. The molecule has 0 spiro atoms. The molecule has 1 amide bonds. The molecule has 0 N–H and O–H groups in total. The van der Waals surface area contributed by atoms with E-state index in [1.165, 1.54) is 0 Å². The lowest BCUT2D eigenvalue weighted by Gasteiger charge is -2.19. The molecule has 0 saturated heterocycles. The molecule has 3 aromatic rings. The minimum Gasteiger partial charge on any atom is -0.497 e. The normalized spacial score (nSPS) is 11.6. The summed E-state index contributed by atoms with van der Waals surface area (Å²) in [6.45, 7) is 0.372. The van der Waals surface area contributed by atoms with Crippen LogP contribution in [0.25, 0.3) is 11.1 Å². The van der Waals surface area contributed by atoms with Gasteiger partial charge in [-0.05, 0) is 35.4 Å². The van der Waals surface area contributed by atoms with Crippen molar-refractivity contribution in [2.24, 2.45) is 0 Å². The second-order valence-corrected chi connectivity index (χ2v) is 6.97. The Hall–Kier alpha value is -3.60. The number of benzene rings is 3. The van der Waals surface area contributed by atoms with Crippen LogP contribution in [0, 0.1) is 0 Å². The van der Waals surface area contributed by atoms with Crippen molar-refractivity contribution in [3.8, 4) is 22.6 Å². The molecule has 0 fully saturated rings. The fraction of sp³-hybridized carbons (Fsp3) is 0.167. The molecule has 0 aromatic heterocycles. The zero-order valence-corrected chi connectivity index (χ0v) is 16.6. The van der Waals surface area contributed by atoms with Gasteiger partial charge in [-0.2, -0.15) is 0 Å². The predicted octanol–water partition coefficient (Wildman–Crippen LogP) is 4.19. The standard InChI is InChI=1S/C24H21NO4/c1-25(14-16-8-10-17(28-2)13-22(16)29-3)24(27)15-9-11-19-18-6-4-5-7-20(18)23(26)21(19)12-15/h4-13H,14H2,1-3H3. The fourth-order valence-corrected chi connectivity index (χ4v) is 3.69. The van der Waals surface area contributed by atoms with Crippen LogP contribution in [0.5, 0.6) is 11.5 Å². The van der Waals surface area contributed by atoms with Gasteiger partial charge in [-0.25, -0.2) is 0 Å². The highest BCUT2D eigenvalue weighted by Crippen LogP contribution is 2.37. The van der Waals surface area contributed by atoms with Crippen LogP contribution < -0.4 is 9.47 Å². The Labute approximate surface area is 169 Å². The molecule has 3 aromatic carbocycles. The maximum atomic E-state index is 13.0. The molecule has 0 unspecified atom stereocenters. The lowest BCUT2D eigenvalue weighted by molar-refractivity contribution is 0.0784. The maximum absolute atomic E-state index is 13.0. The van der Waals surface area contributed by atoms with Gasteiger partial charge in [0.15, 0.2) is 5.78 Å². The summed E-state index contributed by atoms with van der Waals surface area (Å²) in [5.74, 6) is 1.15. The van der Waals surface area contributed by atoms with Crippen LogP contribution in [-0.2, 0) is 6.54 Å². The van der Waals surface area contributed by atoms with Crippen LogP contribution in [-0.4, -0.2) is 37.9 Å². The molecule has 0 heterocycles. The number of carbonyl (C=O) groups excluding carboxylic acids is 2. The lowest BCUT2D eigenvalue weighted by atomic mass is 10.0. The SMILES string of the molecule is COc1ccc(CN(C)C(=O)c2ccc3c(c2)C(=O)c2ccccc2-3)c(OC)c1. The molecular formula is C24H21NO4. The molecule has 29 heavy (non-hydrogen) atoms. The Morgan fingerprint density at radius 2 is 1.59 bits per heavy atom. The van der Waals surface area contributed by atoms with Crippen LogP contribution in [0.15, 0.2) is 60.7 Å². The number of hydrogen-bond donors (Lipinski definition) is 0. The van der Waals surface area contributed by atoms with E-state index in [1.807, 2.05) is 42.5 Å². The Morgan fingerprint density at radius 1 is 0.862 bits per heavy atom. The molecule has 146 valence electrons. The summed E-state index contributed by atoms with van der Waals surface area (Å²) in [6.07, 6.45) is 0. The highest BCUT2D eigenvalue weighted by molar-refractivity contribution is 6.22. The Bertz CT molecular complexity index is 1120. The zero-order chi connectivity index (χ0) is 20.5. The Balaban J connectivity index is 1.59. The van der Waals surface area contributed by atoms with Gasteiger partial charge in [-0.15, -0.1) is 0 Å². The summed E-state index contributed by atoms with van der Waals surface area (Å²) >= 11 is 0. The lowest BCUT2D eigenvalue weighted by Crippen LogP contribution is -2.26. The molecule has 0 aliphatic heterocycles. The zero-order valence-electron chi connectivity index (χ0n) is 16.6. The molecule has 5 heteroatoms. The van der Waals surface area contributed by atoms with Gasteiger partial charge in [0, 0.05) is 41.9 Å². The summed E-state index contributed by atoms with van der Waals surface area (Å²) in [7, 11) is 4.91. The smallest absolute Gasteiger partial charge is 0.253 e. The van der Waals surface area contributed by atoms with E-state index in [2.05, 4.69) is 0 Å². The van der Waals surface area contributed by atoms with E-state index in [0.717, 1.165) is 16.7 Å². The van der Waals surface area contributed by atoms with Gasteiger partial charge in [0.05, 0.1) is 14.2 Å². The summed E-state index contributed by atoms with van der Waals surface area (Å²) in [5.41, 5.74) is 4.41. The van der Waals surface area contributed by atoms with Crippen molar-refractivity contribution in [2.45, 2.75) is 6.54 Å². The first-order chi connectivity index (χ1) is 14.0. The molecular weight excluding hydrogens is 366 g/mol. The van der Waals surface area contributed by atoms with E-state index in [9.17, 15) is 9.59 Å². The minimum absolute atomic E-state index is 0.0373. The Morgan fingerprint density at radius 3 is 2.31 bits per heavy atom. The topological polar surface area (TPSA) is 55.8 Å². The first kappa shape index (κ1) is 18.7. The van der Waals surface area contributed by atoms with Crippen LogP contribution in [0.3, 0.4) is 0 Å². The van der Waals surface area contributed by atoms with Crippen LogP contribution >= 0.6 is 0 Å². The van der Waals surface area contributed by atoms with Gasteiger partial charge < -0.3 is 14.4 Å². The van der Waals surface area contributed by atoms with Crippen molar-refractivity contribution >= 4 is 11.7 Å².